The first-order chi connectivity index (χ1) is 9.56. The Labute approximate surface area is 124 Å². The third-order valence-corrected chi connectivity index (χ3v) is 3.19. The molecule has 0 fully saturated rings. The number of rotatable bonds is 5. The molecule has 0 aliphatic rings. The first-order valence-corrected chi connectivity index (χ1v) is 6.76. The first-order valence-electron chi connectivity index (χ1n) is 5.97. The molecule has 1 heterocycles. The minimum atomic E-state index is -0.381. The molecule has 0 radical (unpaired) electrons. The van der Waals surface area contributed by atoms with Crippen LogP contribution in [-0.2, 0) is 13.1 Å². The second kappa shape index (κ2) is 6.53. The van der Waals surface area contributed by atoms with E-state index in [-0.39, 0.29) is 10.6 Å². The number of benzene rings is 1. The van der Waals surface area contributed by atoms with Gasteiger partial charge in [0.2, 0.25) is 0 Å². The van der Waals surface area contributed by atoms with Gasteiger partial charge in [-0.15, -0.1) is 0 Å². The quantitative estimate of drug-likeness (QED) is 0.670. The minimum absolute atomic E-state index is 0.0989. The molecular weight excluding hydrogens is 324 g/mol. The van der Waals surface area contributed by atoms with Crippen molar-refractivity contribution < 1.29 is 4.92 Å². The maximum Gasteiger partial charge on any atom is 0.275 e. The van der Waals surface area contributed by atoms with E-state index in [9.17, 15) is 10.1 Å². The van der Waals surface area contributed by atoms with Gasteiger partial charge in [-0.05, 0) is 19.1 Å². The number of aromatic nitrogens is 2. The van der Waals surface area contributed by atoms with Gasteiger partial charge in [-0.25, -0.2) is 0 Å². The van der Waals surface area contributed by atoms with Gasteiger partial charge < -0.3 is 5.32 Å². The smallest absolute Gasteiger partial charge is 0.275 e. The van der Waals surface area contributed by atoms with Crippen molar-refractivity contribution in [2.24, 2.45) is 0 Å². The number of halogens is 1. The third kappa shape index (κ3) is 3.82. The zero-order chi connectivity index (χ0) is 14.5. The lowest BCUT2D eigenvalue weighted by molar-refractivity contribution is -0.385. The molecule has 0 aliphatic carbocycles. The molecule has 0 atom stereocenters. The van der Waals surface area contributed by atoms with Crippen molar-refractivity contribution in [1.29, 1.82) is 0 Å². The summed E-state index contributed by atoms with van der Waals surface area (Å²) in [6, 6.07) is 5.02. The number of aryl methyl sites for hydroxylation is 1. The molecule has 7 heteroatoms. The van der Waals surface area contributed by atoms with Crippen LogP contribution in [0.1, 0.15) is 17.0 Å². The Kier molecular flexibility index (Phi) is 4.75. The molecule has 2 aromatic rings. The van der Waals surface area contributed by atoms with E-state index in [1.165, 1.54) is 6.07 Å². The highest BCUT2D eigenvalue weighted by Crippen LogP contribution is 2.23. The molecule has 104 valence electrons. The summed E-state index contributed by atoms with van der Waals surface area (Å²) in [7, 11) is 0. The first kappa shape index (κ1) is 14.5. The summed E-state index contributed by atoms with van der Waals surface area (Å²) in [5.74, 6) is 0. The molecule has 0 saturated carbocycles. The van der Waals surface area contributed by atoms with Crippen LogP contribution in [0.15, 0.2) is 35.1 Å². The van der Waals surface area contributed by atoms with Gasteiger partial charge in [0.1, 0.15) is 0 Å². The van der Waals surface area contributed by atoms with Gasteiger partial charge in [0.25, 0.3) is 5.69 Å². The lowest BCUT2D eigenvalue weighted by Crippen LogP contribution is -2.15. The minimum Gasteiger partial charge on any atom is -0.307 e. The molecule has 1 aromatic carbocycles. The summed E-state index contributed by atoms with van der Waals surface area (Å²) in [6.07, 6.45) is 3.39. The van der Waals surface area contributed by atoms with Crippen LogP contribution in [0.2, 0.25) is 0 Å². The van der Waals surface area contributed by atoms with Crippen molar-refractivity contribution in [1.82, 2.24) is 15.3 Å². The van der Waals surface area contributed by atoms with Crippen molar-refractivity contribution in [2.45, 2.75) is 20.0 Å². The van der Waals surface area contributed by atoms with Crippen LogP contribution >= 0.6 is 15.9 Å². The predicted octanol–water partition coefficient (Wildman–Crippen LogP) is 2.75. The highest BCUT2D eigenvalue weighted by Gasteiger charge is 2.13. The molecule has 1 aromatic heterocycles. The molecule has 20 heavy (non-hydrogen) atoms. The lowest BCUT2D eigenvalue weighted by Gasteiger charge is -2.06. The maximum atomic E-state index is 11.0. The van der Waals surface area contributed by atoms with E-state index < -0.39 is 0 Å². The Morgan fingerprint density at radius 2 is 2.10 bits per heavy atom. The average molecular weight is 337 g/mol. The van der Waals surface area contributed by atoms with E-state index in [1.54, 1.807) is 24.5 Å². The summed E-state index contributed by atoms with van der Waals surface area (Å²) in [5, 5.41) is 14.1. The summed E-state index contributed by atoms with van der Waals surface area (Å²) in [5.41, 5.74) is 2.40. The van der Waals surface area contributed by atoms with Gasteiger partial charge in [-0.3, -0.25) is 20.1 Å². The Bertz CT molecular complexity index is 616. The van der Waals surface area contributed by atoms with Crippen molar-refractivity contribution in [3.05, 3.63) is 62.1 Å². The van der Waals surface area contributed by atoms with Crippen molar-refractivity contribution in [3.63, 3.8) is 0 Å². The maximum absolute atomic E-state index is 11.0. The average Bonchev–Trinajstić information content (AvgIpc) is 2.42. The molecule has 0 amide bonds. The normalized spacial score (nSPS) is 10.5. The van der Waals surface area contributed by atoms with E-state index in [2.05, 4.69) is 31.2 Å². The van der Waals surface area contributed by atoms with Crippen LogP contribution in [0.4, 0.5) is 5.69 Å². The second-order valence-corrected chi connectivity index (χ2v) is 5.20. The van der Waals surface area contributed by atoms with E-state index in [0.29, 0.717) is 23.1 Å². The number of nitro groups is 1. The fourth-order valence-electron chi connectivity index (χ4n) is 1.69. The van der Waals surface area contributed by atoms with E-state index in [4.69, 9.17) is 0 Å². The number of hydrogen-bond donors (Lipinski definition) is 1. The summed E-state index contributed by atoms with van der Waals surface area (Å²) >= 11 is 3.23. The molecule has 0 unspecified atom stereocenters. The van der Waals surface area contributed by atoms with Gasteiger partial charge in [0.15, 0.2) is 0 Å². The number of nitrogens with zero attached hydrogens (tertiary/aromatic N) is 3. The van der Waals surface area contributed by atoms with E-state index in [1.807, 2.05) is 6.92 Å². The molecule has 0 spiro atoms. The van der Waals surface area contributed by atoms with Crippen LogP contribution in [-0.4, -0.2) is 14.9 Å². The van der Waals surface area contributed by atoms with E-state index in [0.717, 1.165) is 11.4 Å². The van der Waals surface area contributed by atoms with E-state index >= 15 is 0 Å². The monoisotopic (exact) mass is 336 g/mol. The second-order valence-electron chi connectivity index (χ2n) is 4.28. The van der Waals surface area contributed by atoms with Crippen molar-refractivity contribution in [2.75, 3.05) is 0 Å². The fourth-order valence-corrected chi connectivity index (χ4v) is 2.04. The summed E-state index contributed by atoms with van der Waals surface area (Å²) < 4.78 is 0.692. The lowest BCUT2D eigenvalue weighted by atomic mass is 10.2. The fraction of sp³-hybridized carbons (Fsp3) is 0.231. The van der Waals surface area contributed by atoms with Gasteiger partial charge in [0.05, 0.1) is 16.3 Å². The number of nitrogens with one attached hydrogen (secondary N) is 1. The molecule has 0 aliphatic heterocycles. The zero-order valence-corrected chi connectivity index (χ0v) is 12.4. The van der Waals surface area contributed by atoms with Crippen LogP contribution < -0.4 is 5.32 Å². The summed E-state index contributed by atoms with van der Waals surface area (Å²) in [4.78, 5) is 19.0. The van der Waals surface area contributed by atoms with Crippen LogP contribution in [0, 0.1) is 17.0 Å². The predicted molar refractivity (Wildman–Crippen MR) is 78.1 cm³/mol. The molecule has 0 bridgehead atoms. The molecule has 6 nitrogen and oxygen atoms in total. The van der Waals surface area contributed by atoms with Gasteiger partial charge in [0, 0.05) is 41.6 Å². The molecule has 0 saturated heterocycles. The Balaban J connectivity index is 2.00. The van der Waals surface area contributed by atoms with Gasteiger partial charge in [-0.1, -0.05) is 15.9 Å². The highest BCUT2D eigenvalue weighted by atomic mass is 79.9. The van der Waals surface area contributed by atoms with Crippen LogP contribution in [0.5, 0.6) is 0 Å². The largest absolute Gasteiger partial charge is 0.307 e. The zero-order valence-electron chi connectivity index (χ0n) is 10.8. The SMILES string of the molecule is Cc1cnc(CNCc2ccc(Br)cc2[N+](=O)[O-])cn1. The highest BCUT2D eigenvalue weighted by molar-refractivity contribution is 9.10. The number of nitro benzene ring substituents is 1. The molecule has 2 rings (SSSR count). The Hall–Kier alpha value is -1.86. The Morgan fingerprint density at radius 1 is 1.30 bits per heavy atom. The van der Waals surface area contributed by atoms with Gasteiger partial charge in [-0.2, -0.15) is 0 Å². The molecule has 1 N–H and O–H groups in total. The van der Waals surface area contributed by atoms with Crippen LogP contribution in [0.3, 0.4) is 0 Å². The Morgan fingerprint density at radius 3 is 2.75 bits per heavy atom. The number of hydrogen-bond acceptors (Lipinski definition) is 5. The van der Waals surface area contributed by atoms with Crippen LogP contribution in [0.25, 0.3) is 0 Å². The third-order valence-electron chi connectivity index (χ3n) is 2.70. The van der Waals surface area contributed by atoms with Gasteiger partial charge >= 0.3 is 0 Å². The topological polar surface area (TPSA) is 81.0 Å². The molecular formula is C13H13BrN4O2. The summed E-state index contributed by atoms with van der Waals surface area (Å²) in [6.45, 7) is 2.79. The standard InChI is InChI=1S/C13H13BrN4O2/c1-9-5-17-12(8-16-9)7-15-6-10-2-3-11(14)4-13(10)18(19)20/h2-5,8,15H,6-7H2,1H3. The van der Waals surface area contributed by atoms with Crippen molar-refractivity contribution in [3.8, 4) is 0 Å². The van der Waals surface area contributed by atoms with Crippen molar-refractivity contribution >= 4 is 21.6 Å².